The first-order valence-electron chi connectivity index (χ1n) is 8.57. The van der Waals surface area contributed by atoms with Gasteiger partial charge in [0.2, 0.25) is 0 Å². The molecule has 0 unspecified atom stereocenters. The maximum Gasteiger partial charge on any atom is 0.129 e. The third-order valence-electron chi connectivity index (χ3n) is 4.98. The third-order valence-corrected chi connectivity index (χ3v) is 4.98. The Balaban J connectivity index is 1.42. The van der Waals surface area contributed by atoms with Crippen LogP contribution in [0.25, 0.3) is 0 Å². The molecule has 1 N–H and O–H groups in total. The number of anilines is 1. The number of aromatic nitrogens is 2. The zero-order valence-corrected chi connectivity index (χ0v) is 13.2. The standard InChI is InChI=1S/C17H28N4/c1-14-11-17(19-13-18-14)20-16-7-9-21(10-8-16)12-15-5-3-2-4-6-15/h11,13,15-16H,2-10,12H2,1H3,(H,18,19,20). The first-order chi connectivity index (χ1) is 10.3. The minimum absolute atomic E-state index is 0.571. The van der Waals surface area contributed by atoms with Crippen LogP contribution in [0.5, 0.6) is 0 Å². The van der Waals surface area contributed by atoms with E-state index in [0.717, 1.165) is 17.4 Å². The molecule has 2 fully saturated rings. The number of nitrogens with zero attached hydrogens (tertiary/aromatic N) is 3. The zero-order valence-electron chi connectivity index (χ0n) is 13.2. The van der Waals surface area contributed by atoms with Crippen LogP contribution in [0.1, 0.15) is 50.6 Å². The molecule has 21 heavy (non-hydrogen) atoms. The normalized spacial score (nSPS) is 22.3. The number of piperidine rings is 1. The average Bonchev–Trinajstić information content (AvgIpc) is 2.50. The van der Waals surface area contributed by atoms with E-state index in [1.165, 1.54) is 64.6 Å². The first-order valence-corrected chi connectivity index (χ1v) is 8.57. The molecular formula is C17H28N4. The molecule has 0 aromatic carbocycles. The Morgan fingerprint density at radius 3 is 2.57 bits per heavy atom. The summed E-state index contributed by atoms with van der Waals surface area (Å²) in [4.78, 5) is 11.1. The van der Waals surface area contributed by atoms with Crippen LogP contribution < -0.4 is 5.32 Å². The third kappa shape index (κ3) is 4.40. The molecule has 0 bridgehead atoms. The van der Waals surface area contributed by atoms with Crippen molar-refractivity contribution in [1.82, 2.24) is 14.9 Å². The Morgan fingerprint density at radius 1 is 1.10 bits per heavy atom. The average molecular weight is 288 g/mol. The highest BCUT2D eigenvalue weighted by Gasteiger charge is 2.22. The Morgan fingerprint density at radius 2 is 1.86 bits per heavy atom. The van der Waals surface area contributed by atoms with E-state index < -0.39 is 0 Å². The second-order valence-corrected chi connectivity index (χ2v) is 6.77. The first kappa shape index (κ1) is 14.8. The Bertz CT molecular complexity index is 434. The SMILES string of the molecule is Cc1cc(NC2CCN(CC3CCCCC3)CC2)ncn1. The lowest BCUT2D eigenvalue weighted by Crippen LogP contribution is -2.41. The van der Waals surface area contributed by atoms with Gasteiger partial charge in [0.05, 0.1) is 0 Å². The summed E-state index contributed by atoms with van der Waals surface area (Å²) >= 11 is 0. The van der Waals surface area contributed by atoms with E-state index >= 15 is 0 Å². The Hall–Kier alpha value is -1.16. The summed E-state index contributed by atoms with van der Waals surface area (Å²) in [5.41, 5.74) is 1.03. The molecule has 0 amide bonds. The van der Waals surface area contributed by atoms with Crippen molar-refractivity contribution in [3.8, 4) is 0 Å². The van der Waals surface area contributed by atoms with E-state index in [4.69, 9.17) is 0 Å². The maximum absolute atomic E-state index is 4.31. The summed E-state index contributed by atoms with van der Waals surface area (Å²) in [5, 5.41) is 3.57. The van der Waals surface area contributed by atoms with Crippen LogP contribution in [0.15, 0.2) is 12.4 Å². The van der Waals surface area contributed by atoms with Gasteiger partial charge in [0, 0.05) is 37.4 Å². The highest BCUT2D eigenvalue weighted by atomic mass is 15.2. The van der Waals surface area contributed by atoms with Gasteiger partial charge in [-0.05, 0) is 38.5 Å². The van der Waals surface area contributed by atoms with Crippen molar-refractivity contribution >= 4 is 5.82 Å². The molecule has 1 aromatic rings. The van der Waals surface area contributed by atoms with E-state index in [-0.39, 0.29) is 0 Å². The smallest absolute Gasteiger partial charge is 0.129 e. The molecule has 1 saturated carbocycles. The van der Waals surface area contributed by atoms with E-state index in [2.05, 4.69) is 20.2 Å². The molecule has 1 aromatic heterocycles. The minimum atomic E-state index is 0.571. The fourth-order valence-corrected chi connectivity index (χ4v) is 3.74. The maximum atomic E-state index is 4.31. The summed E-state index contributed by atoms with van der Waals surface area (Å²) in [7, 11) is 0. The monoisotopic (exact) mass is 288 g/mol. The molecule has 2 aliphatic rings. The molecule has 116 valence electrons. The number of aryl methyl sites for hydroxylation is 1. The second-order valence-electron chi connectivity index (χ2n) is 6.77. The van der Waals surface area contributed by atoms with Gasteiger partial charge >= 0.3 is 0 Å². The van der Waals surface area contributed by atoms with Gasteiger partial charge in [-0.25, -0.2) is 9.97 Å². The van der Waals surface area contributed by atoms with Gasteiger partial charge in [-0.15, -0.1) is 0 Å². The predicted molar refractivity (Wildman–Crippen MR) is 86.4 cm³/mol. The summed E-state index contributed by atoms with van der Waals surface area (Å²) < 4.78 is 0. The summed E-state index contributed by atoms with van der Waals surface area (Å²) in [6, 6.07) is 2.61. The number of likely N-dealkylation sites (tertiary alicyclic amines) is 1. The number of hydrogen-bond acceptors (Lipinski definition) is 4. The van der Waals surface area contributed by atoms with Crippen molar-refractivity contribution in [1.29, 1.82) is 0 Å². The van der Waals surface area contributed by atoms with Crippen molar-refractivity contribution < 1.29 is 0 Å². The van der Waals surface area contributed by atoms with Crippen LogP contribution in [-0.4, -0.2) is 40.5 Å². The fraction of sp³-hybridized carbons (Fsp3) is 0.765. The van der Waals surface area contributed by atoms with Crippen molar-refractivity contribution in [2.75, 3.05) is 25.0 Å². The van der Waals surface area contributed by atoms with Crippen LogP contribution in [0, 0.1) is 12.8 Å². The minimum Gasteiger partial charge on any atom is -0.367 e. The van der Waals surface area contributed by atoms with Crippen molar-refractivity contribution in [3.05, 3.63) is 18.1 Å². The molecule has 3 rings (SSSR count). The summed E-state index contributed by atoms with van der Waals surface area (Å²) in [5.74, 6) is 1.95. The van der Waals surface area contributed by atoms with Gasteiger partial charge in [-0.1, -0.05) is 19.3 Å². The quantitative estimate of drug-likeness (QED) is 0.923. The van der Waals surface area contributed by atoms with Crippen LogP contribution >= 0.6 is 0 Å². The molecule has 2 heterocycles. The van der Waals surface area contributed by atoms with Gasteiger partial charge in [0.1, 0.15) is 12.1 Å². The van der Waals surface area contributed by atoms with Gasteiger partial charge in [0.25, 0.3) is 0 Å². The van der Waals surface area contributed by atoms with E-state index in [1.807, 2.05) is 13.0 Å². The van der Waals surface area contributed by atoms with Crippen LogP contribution in [-0.2, 0) is 0 Å². The van der Waals surface area contributed by atoms with Gasteiger partial charge in [0.15, 0.2) is 0 Å². The fourth-order valence-electron chi connectivity index (χ4n) is 3.74. The summed E-state index contributed by atoms with van der Waals surface area (Å²) in [6.07, 6.45) is 11.4. The molecule has 0 atom stereocenters. The van der Waals surface area contributed by atoms with E-state index in [9.17, 15) is 0 Å². The number of nitrogens with one attached hydrogen (secondary N) is 1. The van der Waals surface area contributed by atoms with Crippen LogP contribution in [0.4, 0.5) is 5.82 Å². The predicted octanol–water partition coefficient (Wildman–Crippen LogP) is 3.24. The second kappa shape index (κ2) is 7.21. The number of rotatable bonds is 4. The highest BCUT2D eigenvalue weighted by Crippen LogP contribution is 2.25. The molecular weight excluding hydrogens is 260 g/mol. The van der Waals surface area contributed by atoms with Crippen molar-refractivity contribution in [3.63, 3.8) is 0 Å². The van der Waals surface area contributed by atoms with E-state index in [0.29, 0.717) is 6.04 Å². The van der Waals surface area contributed by atoms with E-state index in [1.54, 1.807) is 6.33 Å². The molecule has 0 spiro atoms. The van der Waals surface area contributed by atoms with Crippen LogP contribution in [0.2, 0.25) is 0 Å². The lowest BCUT2D eigenvalue weighted by Gasteiger charge is -2.35. The van der Waals surface area contributed by atoms with Gasteiger partial charge in [-0.3, -0.25) is 0 Å². The zero-order chi connectivity index (χ0) is 14.5. The topological polar surface area (TPSA) is 41.0 Å². The molecule has 4 heteroatoms. The lowest BCUT2D eigenvalue weighted by molar-refractivity contribution is 0.168. The molecule has 1 saturated heterocycles. The van der Waals surface area contributed by atoms with Crippen LogP contribution in [0.3, 0.4) is 0 Å². The molecule has 1 aliphatic carbocycles. The van der Waals surface area contributed by atoms with Gasteiger partial charge in [-0.2, -0.15) is 0 Å². The molecule has 4 nitrogen and oxygen atoms in total. The Labute approximate surface area is 128 Å². The number of hydrogen-bond donors (Lipinski definition) is 1. The Kier molecular flexibility index (Phi) is 5.07. The summed E-state index contributed by atoms with van der Waals surface area (Å²) in [6.45, 7) is 5.81. The van der Waals surface area contributed by atoms with Gasteiger partial charge < -0.3 is 10.2 Å². The largest absolute Gasteiger partial charge is 0.367 e. The molecule has 0 radical (unpaired) electrons. The van der Waals surface area contributed by atoms with Crippen molar-refractivity contribution in [2.24, 2.45) is 5.92 Å². The highest BCUT2D eigenvalue weighted by molar-refractivity contribution is 5.35. The molecule has 1 aliphatic heterocycles. The lowest BCUT2D eigenvalue weighted by atomic mass is 9.88. The van der Waals surface area contributed by atoms with Crippen molar-refractivity contribution in [2.45, 2.75) is 57.9 Å².